The third kappa shape index (κ3) is 3.79. The van der Waals surface area contributed by atoms with Crippen molar-refractivity contribution in [1.29, 1.82) is 0 Å². The van der Waals surface area contributed by atoms with Crippen molar-refractivity contribution in [1.82, 2.24) is 20.0 Å². The normalized spacial score (nSPS) is 14.3. The van der Waals surface area contributed by atoms with E-state index >= 15 is 0 Å². The molecule has 4 heterocycles. The third-order valence-electron chi connectivity index (χ3n) is 4.84. The van der Waals surface area contributed by atoms with Crippen LogP contribution in [0.1, 0.15) is 15.9 Å². The smallest absolute Gasteiger partial charge is 0.341 e. The van der Waals surface area contributed by atoms with E-state index in [1.54, 1.807) is 30.2 Å². The number of pyridine rings is 2. The number of ether oxygens (including phenoxy) is 1. The summed E-state index contributed by atoms with van der Waals surface area (Å²) in [5.41, 5.74) is 3.20. The maximum Gasteiger partial charge on any atom is 0.341 e. The van der Waals surface area contributed by atoms with Gasteiger partial charge in [0.25, 0.3) is 0 Å². The van der Waals surface area contributed by atoms with Gasteiger partial charge in [0.2, 0.25) is 5.43 Å². The highest BCUT2D eigenvalue weighted by Crippen LogP contribution is 2.26. The molecule has 158 valence electrons. The van der Waals surface area contributed by atoms with Gasteiger partial charge in [-0.1, -0.05) is 0 Å². The van der Waals surface area contributed by atoms with Crippen molar-refractivity contribution in [2.75, 3.05) is 38.3 Å². The summed E-state index contributed by atoms with van der Waals surface area (Å²) in [6.07, 6.45) is 2.92. The number of fused-ring (bicyclic) bond motifs is 1. The summed E-state index contributed by atoms with van der Waals surface area (Å²) < 4.78 is 6.51. The lowest BCUT2D eigenvalue weighted by molar-refractivity contribution is -0.0167. The highest BCUT2D eigenvalue weighted by molar-refractivity contribution is 7.12. The largest absolute Gasteiger partial charge is 0.477 e. The maximum atomic E-state index is 12.8. The third-order valence-corrected chi connectivity index (χ3v) is 5.61. The lowest BCUT2D eigenvalue weighted by Crippen LogP contribution is -2.58. The number of hydrogen-bond donors (Lipinski definition) is 2. The van der Waals surface area contributed by atoms with Crippen LogP contribution in [0.2, 0.25) is 0 Å². The molecule has 11 heteroatoms. The Balaban J connectivity index is 1.68. The summed E-state index contributed by atoms with van der Waals surface area (Å²) in [4.78, 5) is 40.8. The Hall–Kier alpha value is -2.86. The molecule has 3 aromatic rings. The Bertz CT molecular complexity index is 1120. The van der Waals surface area contributed by atoms with Crippen molar-refractivity contribution < 1.29 is 19.5 Å². The number of methoxy groups -OCH3 is 1. The minimum atomic E-state index is -1.28. The van der Waals surface area contributed by atoms with Crippen LogP contribution in [0.4, 0.5) is 5.82 Å². The standard InChI is InChI=1S/C19H21N5O5S/c1-11-7-14(23-8-12(9-23)22-29-5-4-28-2)21-17-15(11)16(25)13(18(26)27)10-24(17)19-20-3-6-30-19/h3,6-7,10,12,22H,4-5,8-9H2,1-2H3,(H,26,27). The second kappa shape index (κ2) is 8.48. The summed E-state index contributed by atoms with van der Waals surface area (Å²) in [5.74, 6) is -0.566. The van der Waals surface area contributed by atoms with Gasteiger partial charge >= 0.3 is 5.97 Å². The van der Waals surface area contributed by atoms with E-state index in [4.69, 9.17) is 14.6 Å². The molecule has 1 aliphatic rings. The molecule has 0 radical (unpaired) electrons. The van der Waals surface area contributed by atoms with Gasteiger partial charge in [0.05, 0.1) is 24.6 Å². The molecule has 3 aromatic heterocycles. The molecule has 4 rings (SSSR count). The van der Waals surface area contributed by atoms with Gasteiger partial charge in [-0.05, 0) is 18.6 Å². The molecular formula is C19H21N5O5S. The van der Waals surface area contributed by atoms with E-state index in [-0.39, 0.29) is 17.0 Å². The fourth-order valence-electron chi connectivity index (χ4n) is 3.31. The molecule has 1 fully saturated rings. The van der Waals surface area contributed by atoms with Crippen molar-refractivity contribution in [2.45, 2.75) is 13.0 Å². The molecule has 0 unspecified atom stereocenters. The van der Waals surface area contributed by atoms with E-state index in [0.29, 0.717) is 48.5 Å². The van der Waals surface area contributed by atoms with E-state index in [1.165, 1.54) is 17.5 Å². The summed E-state index contributed by atoms with van der Waals surface area (Å²) in [7, 11) is 1.62. The zero-order valence-electron chi connectivity index (χ0n) is 16.5. The van der Waals surface area contributed by atoms with Crippen LogP contribution in [0.5, 0.6) is 0 Å². The summed E-state index contributed by atoms with van der Waals surface area (Å²) >= 11 is 1.34. The number of hydrogen-bond acceptors (Lipinski definition) is 9. The first-order valence-corrected chi connectivity index (χ1v) is 10.2. The summed E-state index contributed by atoms with van der Waals surface area (Å²) in [6.45, 7) is 4.16. The minimum Gasteiger partial charge on any atom is -0.477 e. The number of hydroxylamine groups is 1. The van der Waals surface area contributed by atoms with Crippen LogP contribution in [0.25, 0.3) is 16.2 Å². The van der Waals surface area contributed by atoms with Crippen molar-refractivity contribution >= 4 is 34.2 Å². The predicted molar refractivity (Wildman–Crippen MR) is 112 cm³/mol. The lowest BCUT2D eigenvalue weighted by Gasteiger charge is -2.40. The van der Waals surface area contributed by atoms with Crippen molar-refractivity contribution in [2.24, 2.45) is 0 Å². The van der Waals surface area contributed by atoms with Gasteiger partial charge in [0.1, 0.15) is 11.4 Å². The van der Waals surface area contributed by atoms with E-state index in [9.17, 15) is 14.7 Å². The number of aromatic carboxylic acids is 1. The zero-order valence-corrected chi connectivity index (χ0v) is 17.3. The monoisotopic (exact) mass is 431 g/mol. The highest BCUT2D eigenvalue weighted by atomic mass is 32.1. The van der Waals surface area contributed by atoms with Crippen LogP contribution in [-0.2, 0) is 9.57 Å². The highest BCUT2D eigenvalue weighted by Gasteiger charge is 2.29. The van der Waals surface area contributed by atoms with Crippen LogP contribution >= 0.6 is 11.3 Å². The van der Waals surface area contributed by atoms with Gasteiger partial charge < -0.3 is 14.7 Å². The average Bonchev–Trinajstić information content (AvgIpc) is 3.20. The predicted octanol–water partition coefficient (Wildman–Crippen LogP) is 1.21. The number of thiazole rings is 1. The molecule has 0 amide bonds. The number of aryl methyl sites for hydroxylation is 1. The van der Waals surface area contributed by atoms with Crippen LogP contribution < -0.4 is 15.8 Å². The number of carboxylic acids is 1. The molecule has 30 heavy (non-hydrogen) atoms. The molecule has 0 aliphatic carbocycles. The zero-order chi connectivity index (χ0) is 21.3. The molecule has 1 aliphatic heterocycles. The van der Waals surface area contributed by atoms with E-state index < -0.39 is 11.4 Å². The lowest BCUT2D eigenvalue weighted by atomic mass is 10.1. The van der Waals surface area contributed by atoms with Crippen LogP contribution in [-0.4, -0.2) is 65.1 Å². The fraction of sp³-hybridized carbons (Fsp3) is 0.368. The van der Waals surface area contributed by atoms with Crippen LogP contribution in [0.15, 0.2) is 28.6 Å². The molecule has 1 saturated heterocycles. The molecular weight excluding hydrogens is 410 g/mol. The summed E-state index contributed by atoms with van der Waals surface area (Å²) in [6, 6.07) is 1.97. The second-order valence-electron chi connectivity index (χ2n) is 6.92. The molecule has 0 saturated carbocycles. The van der Waals surface area contributed by atoms with Gasteiger partial charge in [-0.25, -0.2) is 14.8 Å². The van der Waals surface area contributed by atoms with Crippen molar-refractivity contribution in [3.05, 3.63) is 45.2 Å². The first-order chi connectivity index (χ1) is 14.5. The quantitative estimate of drug-likeness (QED) is 0.401. The van der Waals surface area contributed by atoms with Gasteiger partial charge in [0, 0.05) is 38.0 Å². The Morgan fingerprint density at radius 2 is 2.20 bits per heavy atom. The molecule has 2 N–H and O–H groups in total. The Labute approximate surface area is 175 Å². The molecule has 10 nitrogen and oxygen atoms in total. The number of nitrogens with zero attached hydrogens (tertiary/aromatic N) is 4. The minimum absolute atomic E-state index is 0.162. The van der Waals surface area contributed by atoms with E-state index in [0.717, 1.165) is 0 Å². The fourth-order valence-corrected chi connectivity index (χ4v) is 3.93. The SMILES string of the molecule is COCCONC1CN(c2cc(C)c3c(=O)c(C(=O)O)cn(-c4nccs4)c3n2)C1. The number of aromatic nitrogens is 3. The van der Waals surface area contributed by atoms with Crippen molar-refractivity contribution in [3.63, 3.8) is 0 Å². The number of anilines is 1. The van der Waals surface area contributed by atoms with Crippen molar-refractivity contribution in [3.8, 4) is 5.13 Å². The Morgan fingerprint density at radius 1 is 1.40 bits per heavy atom. The van der Waals surface area contributed by atoms with Gasteiger partial charge in [-0.2, -0.15) is 5.48 Å². The van der Waals surface area contributed by atoms with Gasteiger partial charge in [0.15, 0.2) is 10.8 Å². The number of rotatable bonds is 8. The maximum absolute atomic E-state index is 12.8. The van der Waals surface area contributed by atoms with Crippen LogP contribution in [0, 0.1) is 6.92 Å². The Morgan fingerprint density at radius 3 is 2.87 bits per heavy atom. The Kier molecular flexibility index (Phi) is 5.77. The molecule has 0 atom stereocenters. The molecule has 0 bridgehead atoms. The topological polar surface area (TPSA) is 119 Å². The number of nitrogens with one attached hydrogen (secondary N) is 1. The van der Waals surface area contributed by atoms with E-state index in [2.05, 4.69) is 15.4 Å². The molecule has 0 aromatic carbocycles. The van der Waals surface area contributed by atoms with Gasteiger partial charge in [-0.3, -0.25) is 14.2 Å². The number of carbonyl (C=O) groups is 1. The van der Waals surface area contributed by atoms with E-state index in [1.807, 2.05) is 6.07 Å². The number of carboxylic acid groups (broad SMARTS) is 1. The first kappa shape index (κ1) is 20.4. The second-order valence-corrected chi connectivity index (χ2v) is 7.79. The van der Waals surface area contributed by atoms with Gasteiger partial charge in [-0.15, -0.1) is 11.3 Å². The molecule has 0 spiro atoms. The first-order valence-electron chi connectivity index (χ1n) is 9.31. The average molecular weight is 431 g/mol. The van der Waals surface area contributed by atoms with Crippen LogP contribution in [0.3, 0.4) is 0 Å². The summed E-state index contributed by atoms with van der Waals surface area (Å²) in [5, 5.41) is 12.1.